The Bertz CT molecular complexity index is 1090. The number of aromatic nitrogens is 1. The molecule has 0 spiro atoms. The molecule has 11 heteroatoms. The van der Waals surface area contributed by atoms with Crippen molar-refractivity contribution in [2.45, 2.75) is 13.0 Å². The molecular formula is C22H21BrF3N3O4. The Hall–Kier alpha value is -2.76. The summed E-state index contributed by atoms with van der Waals surface area (Å²) in [6.07, 6.45) is 0.852. The highest BCUT2D eigenvalue weighted by Gasteiger charge is 2.34. The molecule has 2 aromatic rings. The molecule has 33 heavy (non-hydrogen) atoms. The summed E-state index contributed by atoms with van der Waals surface area (Å²) in [6.45, 7) is 2.19. The molecule has 0 fully saturated rings. The van der Waals surface area contributed by atoms with Crippen molar-refractivity contribution < 1.29 is 32.2 Å². The number of aliphatic imine (C=N–C) groups is 1. The first-order chi connectivity index (χ1) is 15.8. The molecule has 0 radical (unpaired) electrons. The first-order valence-corrected chi connectivity index (χ1v) is 10.7. The first-order valence-electron chi connectivity index (χ1n) is 9.93. The third-order valence-corrected chi connectivity index (χ3v) is 5.28. The normalized spacial score (nSPS) is 15.8. The van der Waals surface area contributed by atoms with E-state index in [4.69, 9.17) is 14.2 Å². The zero-order valence-corrected chi connectivity index (χ0v) is 19.4. The lowest BCUT2D eigenvalue weighted by Gasteiger charge is -2.28. The molecule has 0 saturated heterocycles. The minimum atomic E-state index is -1.01. The Morgan fingerprint density at radius 3 is 2.64 bits per heavy atom. The average Bonchev–Trinajstić information content (AvgIpc) is 2.76. The number of nitrogens with one attached hydrogen (secondary N) is 1. The van der Waals surface area contributed by atoms with E-state index in [2.05, 4.69) is 31.2 Å². The van der Waals surface area contributed by atoms with Crippen molar-refractivity contribution in [1.29, 1.82) is 0 Å². The van der Waals surface area contributed by atoms with Crippen LogP contribution in [0.1, 0.15) is 24.2 Å². The van der Waals surface area contributed by atoms with E-state index < -0.39 is 29.5 Å². The second-order valence-corrected chi connectivity index (χ2v) is 7.67. The second-order valence-electron chi connectivity index (χ2n) is 6.81. The van der Waals surface area contributed by atoms with Gasteiger partial charge in [0.15, 0.2) is 11.7 Å². The Morgan fingerprint density at radius 2 is 1.97 bits per heavy atom. The van der Waals surface area contributed by atoms with Crippen molar-refractivity contribution in [1.82, 2.24) is 10.3 Å². The van der Waals surface area contributed by atoms with Crippen molar-refractivity contribution >= 4 is 27.7 Å². The lowest BCUT2D eigenvalue weighted by atomic mass is 9.95. The van der Waals surface area contributed by atoms with E-state index in [1.54, 1.807) is 6.92 Å². The van der Waals surface area contributed by atoms with Gasteiger partial charge in [0.2, 0.25) is 0 Å². The number of methoxy groups -OCH3 is 1. The van der Waals surface area contributed by atoms with Gasteiger partial charge >= 0.3 is 5.97 Å². The molecule has 1 unspecified atom stereocenters. The summed E-state index contributed by atoms with van der Waals surface area (Å²) in [4.78, 5) is 21.2. The highest BCUT2D eigenvalue weighted by atomic mass is 79.9. The van der Waals surface area contributed by atoms with Gasteiger partial charge in [0, 0.05) is 17.6 Å². The topological polar surface area (TPSA) is 82.0 Å². The molecule has 1 aromatic heterocycles. The van der Waals surface area contributed by atoms with E-state index in [1.165, 1.54) is 25.3 Å². The van der Waals surface area contributed by atoms with Gasteiger partial charge in [-0.05, 0) is 24.6 Å². The summed E-state index contributed by atoms with van der Waals surface area (Å²) >= 11 is 3.30. The van der Waals surface area contributed by atoms with Crippen molar-refractivity contribution in [3.05, 3.63) is 74.9 Å². The van der Waals surface area contributed by atoms with Crippen LogP contribution in [-0.2, 0) is 19.0 Å². The van der Waals surface area contributed by atoms with Crippen LogP contribution in [0, 0.1) is 17.5 Å². The standard InChI is InChI=1S/C22H21BrF3N3O4/c1-3-33-22(30)18-17(11-32-7-6-31-2)28-21(20-16(26)9-13(25)10-27-20)29-19(18)14-5-4-12(24)8-15(14)23/h4-5,8-10,19H,3,6-7,11H2,1-2H3,(H,28,29). The van der Waals surface area contributed by atoms with Crippen LogP contribution in [0.25, 0.3) is 0 Å². The number of benzene rings is 1. The van der Waals surface area contributed by atoms with Crippen LogP contribution in [0.15, 0.2) is 51.2 Å². The number of halogens is 4. The molecule has 3 rings (SSSR count). The van der Waals surface area contributed by atoms with Gasteiger partial charge < -0.3 is 19.5 Å². The van der Waals surface area contributed by atoms with E-state index >= 15 is 0 Å². The van der Waals surface area contributed by atoms with Gasteiger partial charge in [0.25, 0.3) is 0 Å². The van der Waals surface area contributed by atoms with Gasteiger partial charge in [-0.2, -0.15) is 0 Å². The molecule has 1 aliphatic heterocycles. The number of pyridine rings is 1. The fraction of sp³-hybridized carbons (Fsp3) is 0.318. The molecule has 1 aliphatic rings. The molecule has 0 bridgehead atoms. The molecule has 7 nitrogen and oxygen atoms in total. The number of rotatable bonds is 9. The third kappa shape index (κ3) is 5.98. The summed E-state index contributed by atoms with van der Waals surface area (Å²) in [5.41, 5.74) is 0.529. The maximum absolute atomic E-state index is 14.5. The minimum Gasteiger partial charge on any atom is -0.463 e. The van der Waals surface area contributed by atoms with E-state index in [-0.39, 0.29) is 42.6 Å². The average molecular weight is 528 g/mol. The number of amidine groups is 1. The maximum atomic E-state index is 14.5. The SMILES string of the molecule is CCOC(=O)C1=C(COCCOC)NC(c2ncc(F)cc2F)=NC1c1ccc(F)cc1Br. The molecule has 0 amide bonds. The van der Waals surface area contributed by atoms with E-state index in [9.17, 15) is 18.0 Å². The Labute approximate surface area is 196 Å². The largest absolute Gasteiger partial charge is 0.463 e. The molecule has 1 N–H and O–H groups in total. The lowest BCUT2D eigenvalue weighted by Crippen LogP contribution is -2.37. The van der Waals surface area contributed by atoms with Crippen LogP contribution in [-0.4, -0.2) is 50.3 Å². The van der Waals surface area contributed by atoms with Gasteiger partial charge in [0.05, 0.1) is 43.9 Å². The summed E-state index contributed by atoms with van der Waals surface area (Å²) in [5, 5.41) is 2.88. The Kier molecular flexibility index (Phi) is 8.59. The summed E-state index contributed by atoms with van der Waals surface area (Å²) in [6, 6.07) is 3.55. The maximum Gasteiger partial charge on any atom is 0.338 e. The predicted octanol–water partition coefficient (Wildman–Crippen LogP) is 3.83. The summed E-state index contributed by atoms with van der Waals surface area (Å²) in [5.74, 6) is -3.02. The van der Waals surface area contributed by atoms with Gasteiger partial charge in [0.1, 0.15) is 23.4 Å². The highest BCUT2D eigenvalue weighted by molar-refractivity contribution is 9.10. The number of hydrogen-bond acceptors (Lipinski definition) is 7. The monoisotopic (exact) mass is 527 g/mol. The van der Waals surface area contributed by atoms with Gasteiger partial charge in [-0.25, -0.2) is 22.9 Å². The smallest absolute Gasteiger partial charge is 0.338 e. The third-order valence-electron chi connectivity index (χ3n) is 4.59. The van der Waals surface area contributed by atoms with Crippen molar-refractivity contribution in [3.8, 4) is 0 Å². The van der Waals surface area contributed by atoms with Crippen molar-refractivity contribution in [2.24, 2.45) is 4.99 Å². The van der Waals surface area contributed by atoms with Crippen molar-refractivity contribution in [2.75, 3.05) is 33.5 Å². The summed E-state index contributed by atoms with van der Waals surface area (Å²) < 4.78 is 57.8. The van der Waals surface area contributed by atoms with E-state index in [1.807, 2.05) is 0 Å². The fourth-order valence-electron chi connectivity index (χ4n) is 3.13. The van der Waals surface area contributed by atoms with Crippen LogP contribution in [0.4, 0.5) is 13.2 Å². The Balaban J connectivity index is 2.14. The Morgan fingerprint density at radius 1 is 1.18 bits per heavy atom. The minimum absolute atomic E-state index is 0.0490. The number of carbonyl (C=O) groups is 1. The first kappa shape index (κ1) is 24.9. The van der Waals surface area contributed by atoms with Crippen LogP contribution >= 0.6 is 15.9 Å². The molecule has 0 aliphatic carbocycles. The van der Waals surface area contributed by atoms with Gasteiger partial charge in [-0.15, -0.1) is 0 Å². The number of hydrogen-bond donors (Lipinski definition) is 1. The quantitative estimate of drug-likeness (QED) is 0.394. The molecule has 0 saturated carbocycles. The number of nitrogens with zero attached hydrogens (tertiary/aromatic N) is 2. The number of ether oxygens (including phenoxy) is 3. The van der Waals surface area contributed by atoms with E-state index in [0.717, 1.165) is 6.20 Å². The highest BCUT2D eigenvalue weighted by Crippen LogP contribution is 2.36. The molecule has 1 atom stereocenters. The number of carbonyl (C=O) groups excluding carboxylic acids is 1. The fourth-order valence-corrected chi connectivity index (χ4v) is 3.70. The van der Waals surface area contributed by atoms with Crippen LogP contribution in [0.3, 0.4) is 0 Å². The predicted molar refractivity (Wildman–Crippen MR) is 117 cm³/mol. The van der Waals surface area contributed by atoms with Crippen molar-refractivity contribution in [3.63, 3.8) is 0 Å². The van der Waals surface area contributed by atoms with E-state index in [0.29, 0.717) is 22.7 Å². The zero-order valence-electron chi connectivity index (χ0n) is 17.8. The molecule has 1 aromatic carbocycles. The number of esters is 1. The van der Waals surface area contributed by atoms with Gasteiger partial charge in [-0.1, -0.05) is 22.0 Å². The summed E-state index contributed by atoms with van der Waals surface area (Å²) in [7, 11) is 1.52. The zero-order chi connectivity index (χ0) is 24.0. The van der Waals surface area contributed by atoms with Gasteiger partial charge in [-0.3, -0.25) is 4.99 Å². The van der Waals surface area contributed by atoms with Crippen LogP contribution in [0.2, 0.25) is 0 Å². The molecule has 2 heterocycles. The molecular weight excluding hydrogens is 507 g/mol. The van der Waals surface area contributed by atoms with Crippen LogP contribution in [0.5, 0.6) is 0 Å². The second kappa shape index (κ2) is 11.4. The molecule has 176 valence electrons. The van der Waals surface area contributed by atoms with Crippen LogP contribution < -0.4 is 5.32 Å². The lowest BCUT2D eigenvalue weighted by molar-refractivity contribution is -0.139.